The summed E-state index contributed by atoms with van der Waals surface area (Å²) in [7, 11) is 3.16. The molecule has 112 valence electrons. The van der Waals surface area contributed by atoms with Gasteiger partial charge < -0.3 is 24.4 Å². The third-order valence-corrected chi connectivity index (χ3v) is 2.85. The number of benzene rings is 1. The average molecular weight is 292 g/mol. The van der Waals surface area contributed by atoms with Gasteiger partial charge >= 0.3 is 5.97 Å². The first-order chi connectivity index (χ1) is 10.1. The van der Waals surface area contributed by atoms with Gasteiger partial charge in [0, 0.05) is 12.6 Å². The molecule has 0 unspecified atom stereocenters. The Kier molecular flexibility index (Phi) is 4.78. The number of methoxy groups -OCH3 is 2. The van der Waals surface area contributed by atoms with Crippen molar-refractivity contribution in [1.82, 2.24) is 10.5 Å². The van der Waals surface area contributed by atoms with E-state index in [1.54, 1.807) is 14.2 Å². The lowest BCUT2D eigenvalue weighted by Gasteiger charge is -2.09. The molecular weight excluding hydrogens is 276 g/mol. The van der Waals surface area contributed by atoms with Gasteiger partial charge in [0.05, 0.1) is 20.8 Å². The summed E-state index contributed by atoms with van der Waals surface area (Å²) < 4.78 is 15.3. The second-order valence-electron chi connectivity index (χ2n) is 4.28. The van der Waals surface area contributed by atoms with Crippen molar-refractivity contribution >= 4 is 5.97 Å². The molecule has 0 bridgehead atoms. The molecular formula is C14H16N2O5. The molecule has 0 aliphatic heterocycles. The van der Waals surface area contributed by atoms with Crippen LogP contribution in [-0.4, -0.2) is 30.5 Å². The van der Waals surface area contributed by atoms with Crippen LogP contribution in [0.1, 0.15) is 21.8 Å². The molecule has 0 fully saturated rings. The number of carbonyl (C=O) groups is 1. The maximum Gasteiger partial charge on any atom is 0.358 e. The lowest BCUT2D eigenvalue weighted by Crippen LogP contribution is -2.12. The van der Waals surface area contributed by atoms with Gasteiger partial charge in [0.25, 0.3) is 0 Å². The fraction of sp³-hybridized carbons (Fsp3) is 0.286. The van der Waals surface area contributed by atoms with E-state index in [-0.39, 0.29) is 5.69 Å². The molecule has 21 heavy (non-hydrogen) atoms. The van der Waals surface area contributed by atoms with Crippen LogP contribution in [0.3, 0.4) is 0 Å². The van der Waals surface area contributed by atoms with Gasteiger partial charge in [0.2, 0.25) is 0 Å². The minimum atomic E-state index is -1.11. The van der Waals surface area contributed by atoms with Crippen molar-refractivity contribution in [2.24, 2.45) is 0 Å². The van der Waals surface area contributed by atoms with E-state index in [0.717, 1.165) is 5.56 Å². The standard InChI is InChI=1S/C14H16N2O5/c1-19-12-4-3-9(5-13(12)20-2)7-15-8-10-6-11(14(17)18)16-21-10/h3-6,15H,7-8H2,1-2H3,(H,17,18). The number of carboxylic acids is 1. The van der Waals surface area contributed by atoms with E-state index >= 15 is 0 Å². The number of nitrogens with one attached hydrogen (secondary N) is 1. The van der Waals surface area contributed by atoms with Crippen molar-refractivity contribution in [3.05, 3.63) is 41.3 Å². The van der Waals surface area contributed by atoms with Gasteiger partial charge in [-0.05, 0) is 17.7 Å². The minimum absolute atomic E-state index is 0.0992. The monoisotopic (exact) mass is 292 g/mol. The number of carboxylic acid groups (broad SMARTS) is 1. The summed E-state index contributed by atoms with van der Waals surface area (Å²) in [4.78, 5) is 10.7. The first-order valence-electron chi connectivity index (χ1n) is 6.24. The zero-order valence-electron chi connectivity index (χ0n) is 11.8. The average Bonchev–Trinajstić information content (AvgIpc) is 2.96. The SMILES string of the molecule is COc1ccc(CNCc2cc(C(=O)O)no2)cc1OC. The van der Waals surface area contributed by atoms with Crippen molar-refractivity contribution in [1.29, 1.82) is 0 Å². The highest BCUT2D eigenvalue weighted by atomic mass is 16.5. The Hall–Kier alpha value is -2.54. The van der Waals surface area contributed by atoms with Crippen molar-refractivity contribution < 1.29 is 23.9 Å². The quantitative estimate of drug-likeness (QED) is 0.801. The zero-order chi connectivity index (χ0) is 15.2. The second-order valence-corrected chi connectivity index (χ2v) is 4.28. The number of hydrogen-bond acceptors (Lipinski definition) is 6. The van der Waals surface area contributed by atoms with E-state index in [0.29, 0.717) is 30.3 Å². The number of hydrogen-bond donors (Lipinski definition) is 2. The van der Waals surface area contributed by atoms with Crippen LogP contribution in [0.4, 0.5) is 0 Å². The van der Waals surface area contributed by atoms with Crippen LogP contribution in [0, 0.1) is 0 Å². The van der Waals surface area contributed by atoms with Crippen LogP contribution < -0.4 is 14.8 Å². The van der Waals surface area contributed by atoms with Gasteiger partial charge in [-0.2, -0.15) is 0 Å². The number of nitrogens with zero attached hydrogens (tertiary/aromatic N) is 1. The van der Waals surface area contributed by atoms with Crippen LogP contribution in [-0.2, 0) is 13.1 Å². The molecule has 1 heterocycles. The Labute approximate surface area is 121 Å². The van der Waals surface area contributed by atoms with E-state index in [1.165, 1.54) is 6.07 Å². The van der Waals surface area contributed by atoms with Crippen molar-refractivity contribution in [2.75, 3.05) is 14.2 Å². The van der Waals surface area contributed by atoms with Crippen LogP contribution in [0.25, 0.3) is 0 Å². The Morgan fingerprint density at radius 2 is 2.00 bits per heavy atom. The second kappa shape index (κ2) is 6.76. The molecule has 2 N–H and O–H groups in total. The summed E-state index contributed by atoms with van der Waals surface area (Å²) in [6, 6.07) is 7.00. The van der Waals surface area contributed by atoms with E-state index < -0.39 is 5.97 Å². The van der Waals surface area contributed by atoms with Gasteiger partial charge in [-0.25, -0.2) is 4.79 Å². The summed E-state index contributed by atoms with van der Waals surface area (Å²) >= 11 is 0. The van der Waals surface area contributed by atoms with E-state index in [9.17, 15) is 4.79 Å². The van der Waals surface area contributed by atoms with Crippen LogP contribution in [0.15, 0.2) is 28.8 Å². The number of aromatic nitrogens is 1. The van der Waals surface area contributed by atoms with Crippen LogP contribution in [0.2, 0.25) is 0 Å². The minimum Gasteiger partial charge on any atom is -0.493 e. The van der Waals surface area contributed by atoms with E-state index in [2.05, 4.69) is 10.5 Å². The van der Waals surface area contributed by atoms with E-state index in [1.807, 2.05) is 18.2 Å². The lowest BCUT2D eigenvalue weighted by molar-refractivity contribution is 0.0685. The molecule has 0 spiro atoms. The predicted octanol–water partition coefficient (Wildman–Crippen LogP) is 1.68. The van der Waals surface area contributed by atoms with Crippen LogP contribution in [0.5, 0.6) is 11.5 Å². The predicted molar refractivity (Wildman–Crippen MR) is 73.6 cm³/mol. The summed E-state index contributed by atoms with van der Waals surface area (Å²) in [6.07, 6.45) is 0. The summed E-state index contributed by atoms with van der Waals surface area (Å²) in [5.41, 5.74) is 0.906. The normalized spacial score (nSPS) is 10.4. The first kappa shape index (κ1) is 14.9. The number of aromatic carboxylic acids is 1. The molecule has 7 nitrogen and oxygen atoms in total. The topological polar surface area (TPSA) is 93.8 Å². The Balaban J connectivity index is 1.92. The zero-order valence-corrected chi connectivity index (χ0v) is 11.8. The smallest absolute Gasteiger partial charge is 0.358 e. The van der Waals surface area contributed by atoms with Crippen molar-refractivity contribution in [2.45, 2.75) is 13.1 Å². The summed E-state index contributed by atoms with van der Waals surface area (Å²) in [5, 5.41) is 15.3. The maximum absolute atomic E-state index is 10.7. The molecule has 1 aromatic carbocycles. The largest absolute Gasteiger partial charge is 0.493 e. The van der Waals surface area contributed by atoms with Crippen molar-refractivity contribution in [3.8, 4) is 11.5 Å². The fourth-order valence-corrected chi connectivity index (χ4v) is 1.82. The molecule has 0 atom stereocenters. The molecule has 0 saturated carbocycles. The highest BCUT2D eigenvalue weighted by molar-refractivity contribution is 5.85. The molecule has 0 radical (unpaired) electrons. The molecule has 2 rings (SSSR count). The third kappa shape index (κ3) is 3.73. The van der Waals surface area contributed by atoms with Crippen LogP contribution >= 0.6 is 0 Å². The van der Waals surface area contributed by atoms with Gasteiger partial charge in [0.1, 0.15) is 0 Å². The van der Waals surface area contributed by atoms with E-state index in [4.69, 9.17) is 19.1 Å². The number of rotatable bonds is 7. The molecule has 0 aliphatic carbocycles. The molecule has 2 aromatic rings. The molecule has 7 heteroatoms. The lowest BCUT2D eigenvalue weighted by atomic mass is 10.2. The highest BCUT2D eigenvalue weighted by Crippen LogP contribution is 2.27. The van der Waals surface area contributed by atoms with Gasteiger partial charge in [0.15, 0.2) is 23.0 Å². The summed E-state index contributed by atoms with van der Waals surface area (Å²) in [5.74, 6) is 0.685. The Morgan fingerprint density at radius 1 is 1.24 bits per heavy atom. The molecule has 0 aliphatic rings. The fourth-order valence-electron chi connectivity index (χ4n) is 1.82. The molecule has 0 amide bonds. The Morgan fingerprint density at radius 3 is 2.62 bits per heavy atom. The first-order valence-corrected chi connectivity index (χ1v) is 6.24. The van der Waals surface area contributed by atoms with Gasteiger partial charge in [-0.1, -0.05) is 11.2 Å². The third-order valence-electron chi connectivity index (χ3n) is 2.85. The Bertz CT molecular complexity index is 624. The van der Waals surface area contributed by atoms with Gasteiger partial charge in [-0.15, -0.1) is 0 Å². The van der Waals surface area contributed by atoms with Crippen molar-refractivity contribution in [3.63, 3.8) is 0 Å². The maximum atomic E-state index is 10.7. The molecule has 0 saturated heterocycles. The van der Waals surface area contributed by atoms with Gasteiger partial charge in [-0.3, -0.25) is 0 Å². The summed E-state index contributed by atoms with van der Waals surface area (Å²) in [6.45, 7) is 0.956. The molecule has 1 aromatic heterocycles. The highest BCUT2D eigenvalue weighted by Gasteiger charge is 2.10. The number of ether oxygens (including phenoxy) is 2.